The summed E-state index contributed by atoms with van der Waals surface area (Å²) in [7, 11) is 0. The number of H-pyrrole nitrogens is 1. The average Bonchev–Trinajstić information content (AvgIpc) is 3.12. The first-order valence-corrected chi connectivity index (χ1v) is 9.38. The highest BCUT2D eigenvalue weighted by Gasteiger charge is 2.13. The summed E-state index contributed by atoms with van der Waals surface area (Å²) in [6.45, 7) is 4.89. The van der Waals surface area contributed by atoms with Crippen LogP contribution in [0.25, 0.3) is 28.0 Å². The Morgan fingerprint density at radius 1 is 1.14 bits per heavy atom. The predicted octanol–water partition coefficient (Wildman–Crippen LogP) is 2.34. The second kappa shape index (κ2) is 7.84. The molecule has 0 spiro atoms. The lowest BCUT2D eigenvalue weighted by Gasteiger charge is -2.10. The Morgan fingerprint density at radius 2 is 2.00 bits per heavy atom. The van der Waals surface area contributed by atoms with Crippen molar-refractivity contribution in [2.75, 3.05) is 6.61 Å². The molecule has 4 heterocycles. The van der Waals surface area contributed by atoms with Crippen molar-refractivity contribution in [3.8, 4) is 22.4 Å². The summed E-state index contributed by atoms with van der Waals surface area (Å²) in [5, 5.41) is 4.27. The molecule has 8 nitrogen and oxygen atoms in total. The fraction of sp³-hybridized carbons (Fsp3) is 0.238. The van der Waals surface area contributed by atoms with Crippen LogP contribution < -0.4 is 11.1 Å². The van der Waals surface area contributed by atoms with Crippen LogP contribution in [-0.2, 0) is 11.3 Å². The van der Waals surface area contributed by atoms with E-state index < -0.39 is 0 Å². The van der Waals surface area contributed by atoms with Crippen LogP contribution in [0.2, 0.25) is 0 Å². The molecule has 0 aromatic carbocycles. The maximum Gasteiger partial charge on any atom is 0.256 e. The molecule has 4 aromatic heterocycles. The molecule has 0 radical (unpaired) electrons. The number of rotatable bonds is 6. The fourth-order valence-corrected chi connectivity index (χ4v) is 3.09. The molecule has 0 amide bonds. The van der Waals surface area contributed by atoms with Crippen LogP contribution in [0.3, 0.4) is 0 Å². The minimum absolute atomic E-state index is 0.121. The van der Waals surface area contributed by atoms with Gasteiger partial charge in [-0.1, -0.05) is 0 Å². The van der Waals surface area contributed by atoms with Crippen LogP contribution in [0, 0.1) is 0 Å². The van der Waals surface area contributed by atoms with E-state index in [-0.39, 0.29) is 17.2 Å². The van der Waals surface area contributed by atoms with Crippen LogP contribution in [0.5, 0.6) is 0 Å². The van der Waals surface area contributed by atoms with Crippen molar-refractivity contribution in [3.05, 3.63) is 75.8 Å². The molecular weight excluding hydrogens is 370 g/mol. The molecule has 4 rings (SSSR count). The van der Waals surface area contributed by atoms with E-state index in [4.69, 9.17) is 4.74 Å². The molecule has 0 unspecified atom stereocenters. The summed E-state index contributed by atoms with van der Waals surface area (Å²) >= 11 is 0. The highest BCUT2D eigenvalue weighted by atomic mass is 16.5. The average molecular weight is 391 g/mol. The maximum atomic E-state index is 12.5. The predicted molar refractivity (Wildman–Crippen MR) is 110 cm³/mol. The molecule has 0 aliphatic carbocycles. The van der Waals surface area contributed by atoms with Gasteiger partial charge in [0.1, 0.15) is 0 Å². The van der Waals surface area contributed by atoms with Gasteiger partial charge >= 0.3 is 0 Å². The number of pyridine rings is 2. The third-order valence-corrected chi connectivity index (χ3v) is 4.55. The minimum Gasteiger partial charge on any atom is -0.377 e. The van der Waals surface area contributed by atoms with Gasteiger partial charge in [-0.15, -0.1) is 0 Å². The number of aromatic nitrogens is 5. The molecule has 29 heavy (non-hydrogen) atoms. The number of nitrogens with zero attached hydrogens (tertiary/aromatic N) is 4. The largest absolute Gasteiger partial charge is 0.377 e. The van der Waals surface area contributed by atoms with Gasteiger partial charge in [0, 0.05) is 36.8 Å². The summed E-state index contributed by atoms with van der Waals surface area (Å²) < 4.78 is 8.73. The van der Waals surface area contributed by atoms with E-state index in [0.717, 1.165) is 0 Å². The quantitative estimate of drug-likeness (QED) is 0.544. The Hall–Kier alpha value is -3.52. The zero-order valence-corrected chi connectivity index (χ0v) is 16.2. The molecule has 0 atom stereocenters. The van der Waals surface area contributed by atoms with Gasteiger partial charge in [-0.25, -0.2) is 9.50 Å². The van der Waals surface area contributed by atoms with Crippen molar-refractivity contribution >= 4 is 5.65 Å². The van der Waals surface area contributed by atoms with E-state index >= 15 is 0 Å². The van der Waals surface area contributed by atoms with Crippen LogP contribution in [0.1, 0.15) is 13.8 Å². The zero-order valence-electron chi connectivity index (χ0n) is 16.2. The summed E-state index contributed by atoms with van der Waals surface area (Å²) in [6.07, 6.45) is 6.83. The van der Waals surface area contributed by atoms with E-state index in [1.54, 1.807) is 58.1 Å². The number of nitrogens with one attached hydrogen (secondary N) is 1. The Kier molecular flexibility index (Phi) is 5.09. The van der Waals surface area contributed by atoms with E-state index in [0.29, 0.717) is 41.2 Å². The fourth-order valence-electron chi connectivity index (χ4n) is 3.09. The van der Waals surface area contributed by atoms with Gasteiger partial charge in [-0.05, 0) is 38.1 Å². The number of ether oxygens (including phenoxy) is 1. The van der Waals surface area contributed by atoms with Gasteiger partial charge in [0.15, 0.2) is 5.65 Å². The van der Waals surface area contributed by atoms with E-state index in [1.165, 1.54) is 0 Å². The molecule has 0 saturated carbocycles. The number of fused-ring (bicyclic) bond motifs is 1. The lowest BCUT2D eigenvalue weighted by Crippen LogP contribution is -2.22. The molecule has 0 aliphatic heterocycles. The number of hydrogen-bond acceptors (Lipinski definition) is 5. The molecule has 0 fully saturated rings. The van der Waals surface area contributed by atoms with E-state index in [9.17, 15) is 9.59 Å². The second-order valence-electron chi connectivity index (χ2n) is 6.92. The Labute approximate surface area is 166 Å². The zero-order chi connectivity index (χ0) is 20.4. The van der Waals surface area contributed by atoms with E-state index in [1.807, 2.05) is 19.9 Å². The van der Waals surface area contributed by atoms with Gasteiger partial charge in [0.25, 0.3) is 11.1 Å². The second-order valence-corrected chi connectivity index (χ2v) is 6.92. The Morgan fingerprint density at radius 3 is 2.76 bits per heavy atom. The van der Waals surface area contributed by atoms with Crippen molar-refractivity contribution < 1.29 is 4.74 Å². The number of aromatic amines is 1. The smallest absolute Gasteiger partial charge is 0.256 e. The van der Waals surface area contributed by atoms with Crippen LogP contribution in [0.4, 0.5) is 0 Å². The third-order valence-electron chi connectivity index (χ3n) is 4.55. The van der Waals surface area contributed by atoms with Crippen molar-refractivity contribution in [1.82, 2.24) is 24.1 Å². The SMILES string of the molecule is CC(C)OCCn1ccc(-c2ccn3ncc(-c4ccc[nH]c4=O)c3n2)cc1=O. The van der Waals surface area contributed by atoms with Crippen molar-refractivity contribution in [2.45, 2.75) is 26.5 Å². The van der Waals surface area contributed by atoms with E-state index in [2.05, 4.69) is 15.1 Å². The Bertz CT molecular complexity index is 1270. The van der Waals surface area contributed by atoms with Crippen molar-refractivity contribution in [2.24, 2.45) is 0 Å². The monoisotopic (exact) mass is 391 g/mol. The standard InChI is InChI=1S/C21H21N5O3/c1-14(2)29-11-10-25-8-5-15(12-19(25)27)18-6-9-26-20(24-18)17(13-23-26)16-4-3-7-22-21(16)28/h3-9,12-14H,10-11H2,1-2H3,(H,22,28). The molecule has 4 aromatic rings. The van der Waals surface area contributed by atoms with Crippen LogP contribution in [0.15, 0.2) is 64.7 Å². The minimum atomic E-state index is -0.208. The molecule has 8 heteroatoms. The summed E-state index contributed by atoms with van der Waals surface area (Å²) in [6, 6.07) is 8.68. The molecule has 0 saturated heterocycles. The first kappa shape index (κ1) is 18.8. The highest BCUT2D eigenvalue weighted by molar-refractivity contribution is 5.77. The summed E-state index contributed by atoms with van der Waals surface area (Å²) in [4.78, 5) is 31.9. The third kappa shape index (κ3) is 3.88. The first-order chi connectivity index (χ1) is 14.0. The molecule has 0 bridgehead atoms. The van der Waals surface area contributed by atoms with Gasteiger partial charge in [-0.2, -0.15) is 5.10 Å². The van der Waals surface area contributed by atoms with Gasteiger partial charge in [0.05, 0.1) is 35.7 Å². The van der Waals surface area contributed by atoms with Gasteiger partial charge in [-0.3, -0.25) is 9.59 Å². The first-order valence-electron chi connectivity index (χ1n) is 9.38. The van der Waals surface area contributed by atoms with Crippen LogP contribution in [-0.4, -0.2) is 36.9 Å². The van der Waals surface area contributed by atoms with Crippen molar-refractivity contribution in [1.29, 1.82) is 0 Å². The number of hydrogen-bond donors (Lipinski definition) is 1. The molecule has 0 aliphatic rings. The van der Waals surface area contributed by atoms with Gasteiger partial charge < -0.3 is 14.3 Å². The Balaban J connectivity index is 1.69. The lowest BCUT2D eigenvalue weighted by atomic mass is 10.1. The van der Waals surface area contributed by atoms with Crippen LogP contribution >= 0.6 is 0 Å². The molecular formula is C21H21N5O3. The highest BCUT2D eigenvalue weighted by Crippen LogP contribution is 2.22. The summed E-state index contributed by atoms with van der Waals surface area (Å²) in [5.41, 5.74) is 2.68. The molecule has 148 valence electrons. The van der Waals surface area contributed by atoms with Crippen molar-refractivity contribution in [3.63, 3.8) is 0 Å². The lowest BCUT2D eigenvalue weighted by molar-refractivity contribution is 0.0722. The molecule has 1 N–H and O–H groups in total. The summed E-state index contributed by atoms with van der Waals surface area (Å²) in [5.74, 6) is 0. The topological polar surface area (TPSA) is 94.3 Å². The maximum absolute atomic E-state index is 12.5. The normalized spacial score (nSPS) is 11.4. The van der Waals surface area contributed by atoms with Gasteiger partial charge in [0.2, 0.25) is 0 Å².